The van der Waals surface area contributed by atoms with Crippen LogP contribution >= 0.6 is 0 Å². The zero-order valence-electron chi connectivity index (χ0n) is 14.2. The zero-order chi connectivity index (χ0) is 16.4. The number of piperidine rings is 1. The van der Waals surface area contributed by atoms with Gasteiger partial charge in [0.25, 0.3) is 0 Å². The lowest BCUT2D eigenvalue weighted by atomic mass is 9.93. The van der Waals surface area contributed by atoms with Crippen molar-refractivity contribution in [2.24, 2.45) is 5.92 Å². The highest BCUT2D eigenvalue weighted by Crippen LogP contribution is 2.18. The topological polar surface area (TPSA) is 49.6 Å². The summed E-state index contributed by atoms with van der Waals surface area (Å²) in [7, 11) is 0. The molecule has 5 nitrogen and oxygen atoms in total. The first-order valence-corrected chi connectivity index (χ1v) is 8.52. The molecule has 0 spiro atoms. The van der Waals surface area contributed by atoms with Gasteiger partial charge in [-0.2, -0.15) is 0 Å². The number of fused-ring (bicyclic) bond motifs is 1. The second-order valence-corrected chi connectivity index (χ2v) is 6.63. The Labute approximate surface area is 137 Å². The fourth-order valence-corrected chi connectivity index (χ4v) is 3.40. The Balaban J connectivity index is 1.61. The lowest BCUT2D eigenvalue weighted by molar-refractivity contribution is -0.132. The van der Waals surface area contributed by atoms with E-state index in [1.165, 1.54) is 11.3 Å². The lowest BCUT2D eigenvalue weighted by Crippen LogP contribution is -2.49. The normalized spacial score (nSPS) is 21.8. The Bertz CT molecular complexity index is 693. The molecular formula is C18H26N4O. The number of aryl methyl sites for hydroxylation is 1. The maximum Gasteiger partial charge on any atom is 0.222 e. The smallest absolute Gasteiger partial charge is 0.222 e. The molecule has 0 saturated carbocycles. The minimum Gasteiger partial charge on any atom is -0.342 e. The number of imidazole rings is 1. The SMILES string of the molecule is CCC(=O)N1CC[C@H](NCc2cnc3cc(C)ccn23)[C@@H](C)C1. The number of rotatable bonds is 4. The molecular weight excluding hydrogens is 288 g/mol. The summed E-state index contributed by atoms with van der Waals surface area (Å²) in [6.07, 6.45) is 5.65. The number of hydrogen-bond donors (Lipinski definition) is 1. The molecule has 0 radical (unpaired) electrons. The van der Waals surface area contributed by atoms with Crippen molar-refractivity contribution < 1.29 is 4.79 Å². The summed E-state index contributed by atoms with van der Waals surface area (Å²) >= 11 is 0. The quantitative estimate of drug-likeness (QED) is 0.942. The van der Waals surface area contributed by atoms with E-state index in [0.29, 0.717) is 18.4 Å². The van der Waals surface area contributed by atoms with Crippen LogP contribution in [-0.4, -0.2) is 39.3 Å². The molecule has 3 rings (SSSR count). The van der Waals surface area contributed by atoms with Crippen LogP contribution in [0.3, 0.4) is 0 Å². The van der Waals surface area contributed by atoms with Crippen molar-refractivity contribution in [1.82, 2.24) is 19.6 Å². The lowest BCUT2D eigenvalue weighted by Gasteiger charge is -2.37. The van der Waals surface area contributed by atoms with Crippen LogP contribution in [0.2, 0.25) is 0 Å². The maximum absolute atomic E-state index is 11.8. The summed E-state index contributed by atoms with van der Waals surface area (Å²) in [5, 5.41) is 3.66. The summed E-state index contributed by atoms with van der Waals surface area (Å²) in [4.78, 5) is 18.3. The van der Waals surface area contributed by atoms with Gasteiger partial charge < -0.3 is 14.6 Å². The van der Waals surface area contributed by atoms with Crippen molar-refractivity contribution in [2.75, 3.05) is 13.1 Å². The van der Waals surface area contributed by atoms with Gasteiger partial charge in [0.2, 0.25) is 5.91 Å². The molecule has 1 fully saturated rings. The van der Waals surface area contributed by atoms with Gasteiger partial charge in [0, 0.05) is 38.3 Å². The minimum absolute atomic E-state index is 0.271. The number of nitrogens with zero attached hydrogens (tertiary/aromatic N) is 3. The van der Waals surface area contributed by atoms with E-state index in [-0.39, 0.29) is 5.91 Å². The van der Waals surface area contributed by atoms with E-state index in [2.05, 4.69) is 46.9 Å². The first-order chi connectivity index (χ1) is 11.1. The van der Waals surface area contributed by atoms with E-state index in [0.717, 1.165) is 31.7 Å². The summed E-state index contributed by atoms with van der Waals surface area (Å²) in [6.45, 7) is 8.77. The molecule has 23 heavy (non-hydrogen) atoms. The fourth-order valence-electron chi connectivity index (χ4n) is 3.40. The van der Waals surface area contributed by atoms with E-state index in [4.69, 9.17) is 0 Å². The van der Waals surface area contributed by atoms with Crippen LogP contribution in [0, 0.1) is 12.8 Å². The highest BCUT2D eigenvalue weighted by atomic mass is 16.2. The van der Waals surface area contributed by atoms with Crippen molar-refractivity contribution in [3.05, 3.63) is 35.8 Å². The average Bonchev–Trinajstić information content (AvgIpc) is 2.95. The second kappa shape index (κ2) is 6.71. The zero-order valence-corrected chi connectivity index (χ0v) is 14.2. The van der Waals surface area contributed by atoms with Crippen molar-refractivity contribution >= 4 is 11.6 Å². The number of carbonyl (C=O) groups excluding carboxylic acids is 1. The van der Waals surface area contributed by atoms with Gasteiger partial charge in [-0.15, -0.1) is 0 Å². The molecule has 2 atom stereocenters. The molecule has 0 aromatic carbocycles. The highest BCUT2D eigenvalue weighted by Gasteiger charge is 2.27. The first-order valence-electron chi connectivity index (χ1n) is 8.52. The van der Waals surface area contributed by atoms with Crippen molar-refractivity contribution in [1.29, 1.82) is 0 Å². The predicted octanol–water partition coefficient (Wildman–Crippen LogP) is 2.38. The van der Waals surface area contributed by atoms with Gasteiger partial charge in [-0.05, 0) is 37.0 Å². The van der Waals surface area contributed by atoms with Crippen LogP contribution in [0.25, 0.3) is 5.65 Å². The molecule has 2 aromatic rings. The van der Waals surface area contributed by atoms with Gasteiger partial charge in [0.05, 0.1) is 11.9 Å². The Kier molecular flexibility index (Phi) is 4.66. The van der Waals surface area contributed by atoms with Crippen molar-refractivity contribution in [2.45, 2.75) is 46.2 Å². The fraction of sp³-hybridized carbons (Fsp3) is 0.556. The molecule has 0 bridgehead atoms. The molecule has 1 N–H and O–H groups in total. The van der Waals surface area contributed by atoms with E-state index in [9.17, 15) is 4.79 Å². The molecule has 0 aliphatic carbocycles. The van der Waals surface area contributed by atoms with E-state index in [1.54, 1.807) is 0 Å². The third-order valence-corrected chi connectivity index (χ3v) is 4.85. The molecule has 0 unspecified atom stereocenters. The number of amides is 1. The number of aromatic nitrogens is 2. The maximum atomic E-state index is 11.8. The monoisotopic (exact) mass is 314 g/mol. The number of likely N-dealkylation sites (tertiary alicyclic amines) is 1. The largest absolute Gasteiger partial charge is 0.342 e. The van der Waals surface area contributed by atoms with Gasteiger partial charge in [-0.1, -0.05) is 13.8 Å². The molecule has 1 aliphatic heterocycles. The summed E-state index contributed by atoms with van der Waals surface area (Å²) in [5.74, 6) is 0.744. The molecule has 5 heteroatoms. The van der Waals surface area contributed by atoms with Gasteiger partial charge in [-0.25, -0.2) is 4.98 Å². The highest BCUT2D eigenvalue weighted by molar-refractivity contribution is 5.75. The van der Waals surface area contributed by atoms with Crippen LogP contribution in [-0.2, 0) is 11.3 Å². The first kappa shape index (κ1) is 16.0. The molecule has 1 amide bonds. The number of nitrogens with one attached hydrogen (secondary N) is 1. The summed E-state index contributed by atoms with van der Waals surface area (Å²) < 4.78 is 2.14. The van der Waals surface area contributed by atoms with E-state index >= 15 is 0 Å². The van der Waals surface area contributed by atoms with Crippen LogP contribution in [0.4, 0.5) is 0 Å². The van der Waals surface area contributed by atoms with Crippen LogP contribution in [0.5, 0.6) is 0 Å². The van der Waals surface area contributed by atoms with Crippen molar-refractivity contribution in [3.8, 4) is 0 Å². The van der Waals surface area contributed by atoms with Gasteiger partial charge in [0.15, 0.2) is 0 Å². The number of pyridine rings is 1. The van der Waals surface area contributed by atoms with Crippen LogP contribution in [0.15, 0.2) is 24.5 Å². The van der Waals surface area contributed by atoms with E-state index < -0.39 is 0 Å². The van der Waals surface area contributed by atoms with Gasteiger partial charge in [-0.3, -0.25) is 4.79 Å². The molecule has 1 aliphatic rings. The third-order valence-electron chi connectivity index (χ3n) is 4.85. The Morgan fingerprint density at radius 2 is 2.30 bits per heavy atom. The van der Waals surface area contributed by atoms with Gasteiger partial charge >= 0.3 is 0 Å². The van der Waals surface area contributed by atoms with Crippen molar-refractivity contribution in [3.63, 3.8) is 0 Å². The Morgan fingerprint density at radius 1 is 1.48 bits per heavy atom. The van der Waals surface area contributed by atoms with E-state index in [1.807, 2.05) is 18.0 Å². The Morgan fingerprint density at radius 3 is 3.04 bits per heavy atom. The molecule has 2 aromatic heterocycles. The standard InChI is InChI=1S/C18H26N4O/c1-4-18(23)21-7-6-16(14(3)12-21)19-10-15-11-20-17-9-13(2)5-8-22(15)17/h5,8-9,11,14,16,19H,4,6-7,10,12H2,1-3H3/t14-,16-/m0/s1. The molecule has 3 heterocycles. The Hall–Kier alpha value is -1.88. The number of carbonyl (C=O) groups is 1. The molecule has 1 saturated heterocycles. The summed E-state index contributed by atoms with van der Waals surface area (Å²) in [5.41, 5.74) is 3.40. The second-order valence-electron chi connectivity index (χ2n) is 6.63. The number of hydrogen-bond acceptors (Lipinski definition) is 3. The minimum atomic E-state index is 0.271. The van der Waals surface area contributed by atoms with Crippen LogP contribution < -0.4 is 5.32 Å². The summed E-state index contributed by atoms with van der Waals surface area (Å²) in [6, 6.07) is 4.66. The average molecular weight is 314 g/mol. The van der Waals surface area contributed by atoms with Crippen LogP contribution in [0.1, 0.15) is 37.9 Å². The van der Waals surface area contributed by atoms with Gasteiger partial charge in [0.1, 0.15) is 5.65 Å². The predicted molar refractivity (Wildman–Crippen MR) is 91.2 cm³/mol. The molecule has 124 valence electrons. The third kappa shape index (κ3) is 3.39.